The van der Waals surface area contributed by atoms with Crippen LogP contribution in [0.4, 0.5) is 0 Å². The summed E-state index contributed by atoms with van der Waals surface area (Å²) in [5.41, 5.74) is -0.180. The molecule has 1 saturated heterocycles. The van der Waals surface area contributed by atoms with Crippen LogP contribution >= 0.6 is 0 Å². The lowest BCUT2D eigenvalue weighted by Gasteiger charge is -2.29. The molecule has 1 aliphatic heterocycles. The zero-order chi connectivity index (χ0) is 11.5. The summed E-state index contributed by atoms with van der Waals surface area (Å²) in [5, 5.41) is 3.26. The van der Waals surface area contributed by atoms with E-state index in [0.29, 0.717) is 0 Å². The smallest absolute Gasteiger partial charge is 0.229 e. The number of amides is 1. The predicted molar refractivity (Wildman–Crippen MR) is 61.8 cm³/mol. The Kier molecular flexibility index (Phi) is 4.11. The molecule has 0 aliphatic carbocycles. The van der Waals surface area contributed by atoms with Crippen molar-refractivity contribution < 1.29 is 4.79 Å². The highest BCUT2D eigenvalue weighted by atomic mass is 16.2. The Morgan fingerprint density at radius 3 is 2.47 bits per heavy atom. The lowest BCUT2D eigenvalue weighted by atomic mass is 9.88. The maximum Gasteiger partial charge on any atom is 0.229 e. The first-order chi connectivity index (χ1) is 6.96. The van der Waals surface area contributed by atoms with E-state index in [1.165, 1.54) is 0 Å². The van der Waals surface area contributed by atoms with Gasteiger partial charge < -0.3 is 15.1 Å². The maximum absolute atomic E-state index is 12.1. The third kappa shape index (κ3) is 3.18. The fourth-order valence-electron chi connectivity index (χ4n) is 1.91. The van der Waals surface area contributed by atoms with Gasteiger partial charge in [0.15, 0.2) is 0 Å². The summed E-state index contributed by atoms with van der Waals surface area (Å²) >= 11 is 0. The van der Waals surface area contributed by atoms with Crippen LogP contribution in [0.2, 0.25) is 0 Å². The minimum atomic E-state index is -0.180. The highest BCUT2D eigenvalue weighted by molar-refractivity contribution is 5.82. The molecule has 1 rings (SSSR count). The van der Waals surface area contributed by atoms with Gasteiger partial charge in [0, 0.05) is 26.7 Å². The number of rotatable bonds is 4. The van der Waals surface area contributed by atoms with Crippen LogP contribution in [0.15, 0.2) is 0 Å². The van der Waals surface area contributed by atoms with Crippen LogP contribution in [0.25, 0.3) is 0 Å². The van der Waals surface area contributed by atoms with Gasteiger partial charge in [-0.05, 0) is 34.0 Å². The standard InChI is InChI=1S/C11H23N3O/c1-11(5-6-12-9-11)10(15)14(4)8-7-13(2)3/h12H,5-9H2,1-4H3. The Morgan fingerprint density at radius 2 is 2.00 bits per heavy atom. The van der Waals surface area contributed by atoms with Gasteiger partial charge in [-0.3, -0.25) is 4.79 Å². The lowest BCUT2D eigenvalue weighted by molar-refractivity contribution is -0.138. The van der Waals surface area contributed by atoms with Crippen LogP contribution in [0.3, 0.4) is 0 Å². The summed E-state index contributed by atoms with van der Waals surface area (Å²) in [6.07, 6.45) is 0.956. The average Bonchev–Trinajstić information content (AvgIpc) is 2.61. The van der Waals surface area contributed by atoms with E-state index in [-0.39, 0.29) is 11.3 Å². The first-order valence-corrected chi connectivity index (χ1v) is 5.57. The monoisotopic (exact) mass is 213 g/mol. The molecule has 1 heterocycles. The Labute approximate surface area is 92.6 Å². The van der Waals surface area contributed by atoms with Crippen molar-refractivity contribution in [1.82, 2.24) is 15.1 Å². The quantitative estimate of drug-likeness (QED) is 0.714. The molecule has 1 fully saturated rings. The van der Waals surface area contributed by atoms with Gasteiger partial charge in [-0.2, -0.15) is 0 Å². The summed E-state index contributed by atoms with van der Waals surface area (Å²) in [5.74, 6) is 0.273. The van der Waals surface area contributed by atoms with Gasteiger partial charge in [-0.1, -0.05) is 0 Å². The van der Waals surface area contributed by atoms with Crippen molar-refractivity contribution in [2.24, 2.45) is 5.41 Å². The summed E-state index contributed by atoms with van der Waals surface area (Å²) < 4.78 is 0. The van der Waals surface area contributed by atoms with Crippen LogP contribution < -0.4 is 5.32 Å². The second kappa shape index (κ2) is 4.94. The molecule has 4 nitrogen and oxygen atoms in total. The van der Waals surface area contributed by atoms with E-state index in [4.69, 9.17) is 0 Å². The van der Waals surface area contributed by atoms with E-state index in [1.807, 2.05) is 26.0 Å². The Hall–Kier alpha value is -0.610. The SMILES string of the molecule is CN(C)CCN(C)C(=O)C1(C)CCNC1. The molecular formula is C11H23N3O. The average molecular weight is 213 g/mol. The fourth-order valence-corrected chi connectivity index (χ4v) is 1.91. The van der Waals surface area contributed by atoms with Gasteiger partial charge in [0.1, 0.15) is 0 Å². The van der Waals surface area contributed by atoms with Gasteiger partial charge in [-0.15, -0.1) is 0 Å². The predicted octanol–water partition coefficient (Wildman–Crippen LogP) is 0.00600. The lowest BCUT2D eigenvalue weighted by Crippen LogP contribution is -2.43. The Morgan fingerprint density at radius 1 is 1.33 bits per heavy atom. The van der Waals surface area contributed by atoms with E-state index in [9.17, 15) is 4.79 Å². The summed E-state index contributed by atoms with van der Waals surface area (Å²) in [7, 11) is 5.95. The molecule has 0 aromatic rings. The summed E-state index contributed by atoms with van der Waals surface area (Å²) in [6.45, 7) is 5.57. The molecule has 1 unspecified atom stereocenters. The highest BCUT2D eigenvalue weighted by Crippen LogP contribution is 2.26. The van der Waals surface area contributed by atoms with Crippen molar-refractivity contribution in [1.29, 1.82) is 0 Å². The zero-order valence-electron chi connectivity index (χ0n) is 10.3. The molecule has 1 aliphatic rings. The maximum atomic E-state index is 12.1. The normalized spacial score (nSPS) is 25.9. The van der Waals surface area contributed by atoms with Crippen LogP contribution in [0, 0.1) is 5.41 Å². The molecule has 0 aromatic heterocycles. The molecule has 0 aromatic carbocycles. The summed E-state index contributed by atoms with van der Waals surface area (Å²) in [4.78, 5) is 16.1. The number of carbonyl (C=O) groups excluding carboxylic acids is 1. The number of carbonyl (C=O) groups is 1. The third-order valence-electron chi connectivity index (χ3n) is 3.11. The van der Waals surface area contributed by atoms with Crippen LogP contribution in [-0.4, -0.2) is 63.0 Å². The van der Waals surface area contributed by atoms with E-state index in [1.54, 1.807) is 0 Å². The fraction of sp³-hybridized carbons (Fsp3) is 0.909. The van der Waals surface area contributed by atoms with Gasteiger partial charge >= 0.3 is 0 Å². The Bertz CT molecular complexity index is 222. The van der Waals surface area contributed by atoms with Crippen molar-refractivity contribution in [2.75, 3.05) is 47.3 Å². The number of likely N-dealkylation sites (N-methyl/N-ethyl adjacent to an activating group) is 2. The van der Waals surface area contributed by atoms with Crippen molar-refractivity contribution >= 4 is 5.91 Å². The molecule has 15 heavy (non-hydrogen) atoms. The number of hydrogen-bond acceptors (Lipinski definition) is 3. The first kappa shape index (κ1) is 12.5. The second-order valence-electron chi connectivity index (χ2n) is 5.02. The van der Waals surface area contributed by atoms with Gasteiger partial charge in [0.25, 0.3) is 0 Å². The molecule has 0 saturated carbocycles. The molecule has 1 atom stereocenters. The van der Waals surface area contributed by atoms with Gasteiger partial charge in [0.2, 0.25) is 5.91 Å². The van der Waals surface area contributed by atoms with Gasteiger partial charge in [-0.25, -0.2) is 0 Å². The van der Waals surface area contributed by atoms with Gasteiger partial charge in [0.05, 0.1) is 5.41 Å². The number of hydrogen-bond donors (Lipinski definition) is 1. The minimum Gasteiger partial charge on any atom is -0.344 e. The van der Waals surface area contributed by atoms with Crippen LogP contribution in [0.5, 0.6) is 0 Å². The second-order valence-corrected chi connectivity index (χ2v) is 5.02. The van der Waals surface area contributed by atoms with E-state index in [0.717, 1.165) is 32.6 Å². The first-order valence-electron chi connectivity index (χ1n) is 5.57. The number of nitrogens with one attached hydrogen (secondary N) is 1. The zero-order valence-corrected chi connectivity index (χ0v) is 10.3. The van der Waals surface area contributed by atoms with E-state index < -0.39 is 0 Å². The van der Waals surface area contributed by atoms with Crippen LogP contribution in [0.1, 0.15) is 13.3 Å². The molecular weight excluding hydrogens is 190 g/mol. The Balaban J connectivity index is 2.44. The van der Waals surface area contributed by atoms with E-state index >= 15 is 0 Å². The van der Waals surface area contributed by atoms with Crippen molar-refractivity contribution in [3.8, 4) is 0 Å². The molecule has 1 amide bonds. The van der Waals surface area contributed by atoms with Crippen molar-refractivity contribution in [3.05, 3.63) is 0 Å². The van der Waals surface area contributed by atoms with Crippen molar-refractivity contribution in [2.45, 2.75) is 13.3 Å². The topological polar surface area (TPSA) is 35.6 Å². The minimum absolute atomic E-state index is 0.180. The van der Waals surface area contributed by atoms with Crippen molar-refractivity contribution in [3.63, 3.8) is 0 Å². The molecule has 88 valence electrons. The highest BCUT2D eigenvalue weighted by Gasteiger charge is 2.37. The molecule has 1 N–H and O–H groups in total. The molecule has 0 radical (unpaired) electrons. The third-order valence-corrected chi connectivity index (χ3v) is 3.11. The largest absolute Gasteiger partial charge is 0.344 e. The number of nitrogens with zero attached hydrogens (tertiary/aromatic N) is 2. The summed E-state index contributed by atoms with van der Waals surface area (Å²) in [6, 6.07) is 0. The molecule has 0 spiro atoms. The molecule has 0 bridgehead atoms. The molecule has 4 heteroatoms. The van der Waals surface area contributed by atoms with E-state index in [2.05, 4.69) is 17.1 Å². The van der Waals surface area contributed by atoms with Crippen LogP contribution in [-0.2, 0) is 4.79 Å².